The number of hydrogen-bond donors (Lipinski definition) is 1. The van der Waals surface area contributed by atoms with Gasteiger partial charge < -0.3 is 19.5 Å². The summed E-state index contributed by atoms with van der Waals surface area (Å²) in [6.45, 7) is 2.55. The van der Waals surface area contributed by atoms with Crippen LogP contribution in [-0.4, -0.2) is 35.6 Å². The van der Waals surface area contributed by atoms with Gasteiger partial charge in [0.05, 0.1) is 17.7 Å². The number of nitrogens with one attached hydrogen (secondary N) is 1. The smallest absolute Gasteiger partial charge is 0.264 e. The average molecular weight is 494 g/mol. The number of rotatable bonds is 5. The molecule has 0 fully saturated rings. The van der Waals surface area contributed by atoms with Gasteiger partial charge >= 0.3 is 0 Å². The van der Waals surface area contributed by atoms with E-state index in [1.807, 2.05) is 53.1 Å². The second-order valence-electron chi connectivity index (χ2n) is 9.66. The third kappa shape index (κ3) is 4.06. The lowest BCUT2D eigenvalue weighted by Gasteiger charge is -2.34. The molecule has 4 aromatic rings. The number of nitrogens with zero attached hydrogens (tertiary/aromatic N) is 2. The molecule has 0 spiro atoms. The Bertz CT molecular complexity index is 1580. The number of aromatic nitrogens is 1. The molecule has 0 bridgehead atoms. The van der Waals surface area contributed by atoms with Gasteiger partial charge in [0.15, 0.2) is 6.10 Å². The van der Waals surface area contributed by atoms with E-state index in [-0.39, 0.29) is 29.5 Å². The van der Waals surface area contributed by atoms with Gasteiger partial charge in [-0.3, -0.25) is 14.4 Å². The summed E-state index contributed by atoms with van der Waals surface area (Å²) in [5.74, 6) is -0.292. The normalized spacial score (nSPS) is 17.8. The monoisotopic (exact) mass is 493 g/mol. The van der Waals surface area contributed by atoms with E-state index in [2.05, 4.69) is 12.2 Å². The van der Waals surface area contributed by atoms with Crippen molar-refractivity contribution < 1.29 is 14.3 Å². The van der Waals surface area contributed by atoms with Gasteiger partial charge in [0.25, 0.3) is 11.8 Å². The largest absolute Gasteiger partial charge is 0.477 e. The van der Waals surface area contributed by atoms with E-state index in [1.165, 1.54) is 4.90 Å². The Kier molecular flexibility index (Phi) is 5.75. The molecule has 1 aromatic heterocycles. The molecular weight excluding hydrogens is 466 g/mol. The summed E-state index contributed by atoms with van der Waals surface area (Å²) < 4.78 is 8.02. The van der Waals surface area contributed by atoms with Gasteiger partial charge in [-0.15, -0.1) is 0 Å². The van der Waals surface area contributed by atoms with Gasteiger partial charge in [0.2, 0.25) is 5.43 Å². The third-order valence-corrected chi connectivity index (χ3v) is 7.22. The number of pyridine rings is 1. The maximum atomic E-state index is 13.9. The number of amides is 2. The van der Waals surface area contributed by atoms with Crippen LogP contribution in [0.2, 0.25) is 0 Å². The number of carbonyl (C=O) groups excluding carboxylic acids is 2. The van der Waals surface area contributed by atoms with Crippen molar-refractivity contribution in [3.8, 4) is 5.75 Å². The predicted molar refractivity (Wildman–Crippen MR) is 142 cm³/mol. The molecule has 37 heavy (non-hydrogen) atoms. The Morgan fingerprint density at radius 2 is 1.78 bits per heavy atom. The fraction of sp³-hybridized carbons (Fsp3) is 0.233. The van der Waals surface area contributed by atoms with Crippen LogP contribution in [0.4, 0.5) is 5.69 Å². The zero-order chi connectivity index (χ0) is 25.5. The van der Waals surface area contributed by atoms with Crippen LogP contribution in [0.1, 0.15) is 34.5 Å². The second kappa shape index (κ2) is 9.24. The predicted octanol–water partition coefficient (Wildman–Crippen LogP) is 3.89. The number of carbonyl (C=O) groups is 2. The van der Waals surface area contributed by atoms with Crippen molar-refractivity contribution in [3.63, 3.8) is 0 Å². The molecule has 2 amide bonds. The van der Waals surface area contributed by atoms with Crippen molar-refractivity contribution in [2.45, 2.75) is 31.9 Å². The van der Waals surface area contributed by atoms with Gasteiger partial charge in [0.1, 0.15) is 11.3 Å². The molecule has 6 rings (SSSR count). The number of hydrogen-bond acceptors (Lipinski definition) is 4. The molecular formula is C30H27N3O4. The van der Waals surface area contributed by atoms with Gasteiger partial charge in [-0.05, 0) is 49.1 Å². The Hall–Kier alpha value is -4.39. The number of para-hydroxylation sites is 3. The zero-order valence-electron chi connectivity index (χ0n) is 20.5. The van der Waals surface area contributed by atoms with Crippen LogP contribution >= 0.6 is 0 Å². The summed E-state index contributed by atoms with van der Waals surface area (Å²) >= 11 is 0. The highest BCUT2D eigenvalue weighted by Crippen LogP contribution is 2.35. The van der Waals surface area contributed by atoms with Crippen molar-refractivity contribution in [1.29, 1.82) is 0 Å². The Morgan fingerprint density at radius 1 is 1.00 bits per heavy atom. The summed E-state index contributed by atoms with van der Waals surface area (Å²) in [7, 11) is 0. The lowest BCUT2D eigenvalue weighted by atomic mass is 10.1. The van der Waals surface area contributed by atoms with Gasteiger partial charge in [-0.1, -0.05) is 54.6 Å². The molecule has 0 aliphatic carbocycles. The molecule has 7 heteroatoms. The minimum absolute atomic E-state index is 0.0140. The fourth-order valence-electron chi connectivity index (χ4n) is 5.37. The molecule has 2 aliphatic rings. The van der Waals surface area contributed by atoms with Crippen LogP contribution in [0.15, 0.2) is 83.8 Å². The first-order valence-corrected chi connectivity index (χ1v) is 12.6. The number of fused-ring (bicyclic) bond motifs is 1. The highest BCUT2D eigenvalue weighted by molar-refractivity contribution is 6.09. The summed E-state index contributed by atoms with van der Waals surface area (Å²) in [4.78, 5) is 41.9. The van der Waals surface area contributed by atoms with Crippen LogP contribution in [0.25, 0.3) is 10.9 Å². The van der Waals surface area contributed by atoms with Gasteiger partial charge in [0, 0.05) is 24.2 Å². The molecule has 2 atom stereocenters. The lowest BCUT2D eigenvalue weighted by Crippen LogP contribution is -2.51. The van der Waals surface area contributed by atoms with E-state index < -0.39 is 12.0 Å². The van der Waals surface area contributed by atoms with Crippen LogP contribution < -0.4 is 20.4 Å². The SMILES string of the molecule is C[C@H]1Cc2cccc3c(=O)c(C(=O)N4C[C@@H](C(=O)NCCc5ccccc5)Oc5ccccc54)cn1c23. The summed E-state index contributed by atoms with van der Waals surface area (Å²) in [5.41, 5.74) is 3.48. The van der Waals surface area contributed by atoms with Crippen LogP contribution in [-0.2, 0) is 17.6 Å². The van der Waals surface area contributed by atoms with Crippen molar-refractivity contribution in [2.75, 3.05) is 18.0 Å². The van der Waals surface area contributed by atoms with Crippen LogP contribution in [0, 0.1) is 0 Å². The average Bonchev–Trinajstić information content (AvgIpc) is 3.25. The molecule has 3 aromatic carbocycles. The molecule has 0 saturated heterocycles. The topological polar surface area (TPSA) is 80.6 Å². The molecule has 1 N–H and O–H groups in total. The van der Waals surface area contributed by atoms with Crippen LogP contribution in [0.5, 0.6) is 5.75 Å². The zero-order valence-corrected chi connectivity index (χ0v) is 20.5. The highest BCUT2D eigenvalue weighted by atomic mass is 16.5. The Morgan fingerprint density at radius 3 is 2.62 bits per heavy atom. The third-order valence-electron chi connectivity index (χ3n) is 7.22. The van der Waals surface area contributed by atoms with E-state index in [1.54, 1.807) is 30.5 Å². The minimum atomic E-state index is -0.890. The van der Waals surface area contributed by atoms with E-state index in [0.29, 0.717) is 29.8 Å². The van der Waals surface area contributed by atoms with Crippen LogP contribution in [0.3, 0.4) is 0 Å². The number of ether oxygens (including phenoxy) is 1. The van der Waals surface area contributed by atoms with E-state index in [4.69, 9.17) is 4.74 Å². The first kappa shape index (κ1) is 23.0. The highest BCUT2D eigenvalue weighted by Gasteiger charge is 2.36. The van der Waals surface area contributed by atoms with Crippen molar-refractivity contribution in [3.05, 3.63) is 106 Å². The fourth-order valence-corrected chi connectivity index (χ4v) is 5.37. The lowest BCUT2D eigenvalue weighted by molar-refractivity contribution is -0.127. The van der Waals surface area contributed by atoms with Crippen molar-refractivity contribution in [2.24, 2.45) is 0 Å². The molecule has 0 radical (unpaired) electrons. The molecule has 0 unspecified atom stereocenters. The first-order chi connectivity index (χ1) is 18.0. The summed E-state index contributed by atoms with van der Waals surface area (Å²) in [6, 6.07) is 22.8. The van der Waals surface area contributed by atoms with Crippen molar-refractivity contribution >= 4 is 28.4 Å². The maximum Gasteiger partial charge on any atom is 0.264 e. The van der Waals surface area contributed by atoms with E-state index >= 15 is 0 Å². The van der Waals surface area contributed by atoms with Crippen molar-refractivity contribution in [1.82, 2.24) is 9.88 Å². The minimum Gasteiger partial charge on any atom is -0.477 e. The summed E-state index contributed by atoms with van der Waals surface area (Å²) in [5, 5.41) is 3.48. The maximum absolute atomic E-state index is 13.9. The molecule has 3 heterocycles. The standard InChI is InChI=1S/C30H27N3O4/c1-19-16-21-10-7-11-22-27(21)32(19)17-23(28(22)34)30(36)33-18-26(37-25-13-6-5-12-24(25)33)29(35)31-15-14-20-8-3-2-4-9-20/h2-13,17,19,26H,14-16,18H2,1H3,(H,31,35)/t19-,26-/m0/s1. The first-order valence-electron chi connectivity index (χ1n) is 12.6. The molecule has 2 aliphatic heterocycles. The van der Waals surface area contributed by atoms with Gasteiger partial charge in [-0.2, -0.15) is 0 Å². The van der Waals surface area contributed by atoms with E-state index in [9.17, 15) is 14.4 Å². The quantitative estimate of drug-likeness (QED) is 0.458. The van der Waals surface area contributed by atoms with E-state index in [0.717, 1.165) is 23.1 Å². The molecule has 7 nitrogen and oxygen atoms in total. The number of benzene rings is 3. The summed E-state index contributed by atoms with van der Waals surface area (Å²) in [6.07, 6.45) is 2.30. The molecule has 186 valence electrons. The molecule has 0 saturated carbocycles. The number of anilines is 1. The Labute approximate surface area is 214 Å². The van der Waals surface area contributed by atoms with Gasteiger partial charge in [-0.25, -0.2) is 0 Å². The second-order valence-corrected chi connectivity index (χ2v) is 9.66. The Balaban J connectivity index is 1.29.